The minimum atomic E-state index is -0.853. The van der Waals surface area contributed by atoms with Crippen LogP contribution in [0, 0.1) is 0 Å². The first-order valence-corrected chi connectivity index (χ1v) is 10.7. The van der Waals surface area contributed by atoms with Crippen molar-refractivity contribution in [2.75, 3.05) is 17.2 Å². The molecule has 0 saturated carbocycles. The maximum atomic E-state index is 10.2. The topological polar surface area (TPSA) is 89.3 Å². The normalized spacial score (nSPS) is 15.5. The van der Waals surface area contributed by atoms with Gasteiger partial charge in [0.1, 0.15) is 17.8 Å². The van der Waals surface area contributed by atoms with Crippen molar-refractivity contribution in [1.29, 1.82) is 0 Å². The highest BCUT2D eigenvalue weighted by Crippen LogP contribution is 2.34. The highest BCUT2D eigenvalue weighted by molar-refractivity contribution is 7.87. The maximum Gasteiger partial charge on any atom is 0.146 e. The number of nitrogens with two attached hydrogens (primary N) is 1. The molecular weight excluding hydrogens is 358 g/mol. The van der Waals surface area contributed by atoms with Crippen LogP contribution in [0.25, 0.3) is 22.2 Å². The largest absolute Gasteiger partial charge is 0.389 e. The molecular formula is C20H25N5OS. The summed E-state index contributed by atoms with van der Waals surface area (Å²) in [4.78, 5) is 8.56. The lowest BCUT2D eigenvalue weighted by Gasteiger charge is -2.18. The van der Waals surface area contributed by atoms with E-state index in [1.165, 1.54) is 30.7 Å². The second-order valence-corrected chi connectivity index (χ2v) is 9.58. The third-order valence-corrected chi connectivity index (χ3v) is 6.65. The number of hydrogen-bond donors (Lipinski definition) is 2. The highest BCUT2D eigenvalue weighted by atomic mass is 32.2. The Morgan fingerprint density at radius 3 is 2.56 bits per heavy atom. The Hall–Kier alpha value is -2.25. The van der Waals surface area contributed by atoms with Gasteiger partial charge in [0.15, 0.2) is 0 Å². The zero-order valence-corrected chi connectivity index (χ0v) is 16.5. The van der Waals surface area contributed by atoms with Crippen molar-refractivity contribution < 1.29 is 5.11 Å². The van der Waals surface area contributed by atoms with E-state index >= 15 is 0 Å². The summed E-state index contributed by atoms with van der Waals surface area (Å²) in [5.74, 6) is 2.89. The van der Waals surface area contributed by atoms with Gasteiger partial charge in [-0.25, -0.2) is 14.3 Å². The molecule has 142 valence electrons. The number of hydrogen-bond acceptors (Lipinski definition) is 5. The quantitative estimate of drug-likeness (QED) is 0.719. The molecule has 7 heteroatoms. The van der Waals surface area contributed by atoms with E-state index in [9.17, 15) is 5.11 Å². The molecule has 3 heterocycles. The zero-order chi connectivity index (χ0) is 19.0. The van der Waals surface area contributed by atoms with Crippen LogP contribution < -0.4 is 5.73 Å². The summed E-state index contributed by atoms with van der Waals surface area (Å²) >= 11 is 0. The van der Waals surface area contributed by atoms with E-state index in [0.717, 1.165) is 27.8 Å². The van der Waals surface area contributed by atoms with Crippen LogP contribution in [0.1, 0.15) is 26.7 Å². The lowest BCUT2D eigenvalue weighted by atomic mass is 10.1. The molecule has 1 saturated heterocycles. The van der Waals surface area contributed by atoms with Gasteiger partial charge in [0, 0.05) is 23.3 Å². The number of rotatable bonds is 4. The average molecular weight is 384 g/mol. The van der Waals surface area contributed by atoms with Gasteiger partial charge in [-0.1, -0.05) is 22.8 Å². The molecule has 1 aromatic carbocycles. The van der Waals surface area contributed by atoms with Gasteiger partial charge >= 0.3 is 0 Å². The summed E-state index contributed by atoms with van der Waals surface area (Å²) in [5, 5.41) is 11.1. The Morgan fingerprint density at radius 2 is 1.89 bits per heavy atom. The summed E-state index contributed by atoms with van der Waals surface area (Å²) in [5.41, 5.74) is 9.11. The molecule has 0 amide bonds. The number of fused-ring (bicyclic) bond motifs is 1. The van der Waals surface area contributed by atoms with Crippen LogP contribution >= 0.6 is 0 Å². The number of aliphatic hydroxyl groups is 1. The molecule has 1 fully saturated rings. The van der Waals surface area contributed by atoms with Crippen LogP contribution in [0.15, 0.2) is 41.2 Å². The van der Waals surface area contributed by atoms with E-state index in [0.29, 0.717) is 12.4 Å². The molecule has 3 N–H and O–H groups in total. The standard InChI is InChI=1S/C20H25N5OS/c1-20(2,26)12-25-11-16(17-18(21)22-13-23-19(17)25)14-5-7-15(8-6-14)24-27-9-3-4-10-27/h5-8,11,13,26H,3-4,9-10,12H2,1-2H3,(H2,21,22,23). The van der Waals surface area contributed by atoms with Crippen LogP contribution in [0.5, 0.6) is 0 Å². The first kappa shape index (κ1) is 18.1. The summed E-state index contributed by atoms with van der Waals surface area (Å²) in [6.07, 6.45) is 6.06. The first-order chi connectivity index (χ1) is 12.9. The van der Waals surface area contributed by atoms with E-state index in [1.54, 1.807) is 13.8 Å². The van der Waals surface area contributed by atoms with Gasteiger partial charge in [0.25, 0.3) is 0 Å². The van der Waals surface area contributed by atoms with Crippen molar-refractivity contribution in [2.45, 2.75) is 38.8 Å². The predicted octanol–water partition coefficient (Wildman–Crippen LogP) is 3.68. The van der Waals surface area contributed by atoms with Gasteiger partial charge < -0.3 is 15.4 Å². The Labute approximate surface area is 161 Å². The fourth-order valence-electron chi connectivity index (χ4n) is 3.49. The average Bonchev–Trinajstić information content (AvgIpc) is 3.24. The molecule has 0 spiro atoms. The number of anilines is 1. The Bertz CT molecular complexity index is 994. The molecule has 6 nitrogen and oxygen atoms in total. The predicted molar refractivity (Wildman–Crippen MR) is 112 cm³/mol. The van der Waals surface area contributed by atoms with Crippen molar-refractivity contribution in [3.05, 3.63) is 36.8 Å². The summed E-state index contributed by atoms with van der Waals surface area (Å²) < 4.78 is 6.81. The van der Waals surface area contributed by atoms with Gasteiger partial charge in [0.05, 0.1) is 23.2 Å². The molecule has 27 heavy (non-hydrogen) atoms. The maximum absolute atomic E-state index is 10.2. The minimum absolute atomic E-state index is 0.190. The molecule has 0 radical (unpaired) electrons. The van der Waals surface area contributed by atoms with Gasteiger partial charge in [-0.2, -0.15) is 0 Å². The van der Waals surface area contributed by atoms with Gasteiger partial charge in [-0.3, -0.25) is 0 Å². The molecule has 1 aliphatic heterocycles. The molecule has 0 unspecified atom stereocenters. The Morgan fingerprint density at radius 1 is 1.19 bits per heavy atom. The second-order valence-electron chi connectivity index (χ2n) is 7.66. The molecule has 0 bridgehead atoms. The molecule has 0 aliphatic carbocycles. The van der Waals surface area contributed by atoms with Crippen molar-refractivity contribution in [3.8, 4) is 11.1 Å². The zero-order valence-electron chi connectivity index (χ0n) is 15.7. The van der Waals surface area contributed by atoms with Crippen molar-refractivity contribution in [3.63, 3.8) is 0 Å². The lowest BCUT2D eigenvalue weighted by molar-refractivity contribution is 0.0627. The summed E-state index contributed by atoms with van der Waals surface area (Å²) in [6.45, 7) is 3.99. The monoisotopic (exact) mass is 383 g/mol. The van der Waals surface area contributed by atoms with E-state index in [2.05, 4.69) is 34.2 Å². The van der Waals surface area contributed by atoms with Crippen molar-refractivity contribution in [2.24, 2.45) is 4.36 Å². The van der Waals surface area contributed by atoms with Crippen molar-refractivity contribution >= 4 is 33.2 Å². The van der Waals surface area contributed by atoms with E-state index < -0.39 is 5.60 Å². The third-order valence-electron chi connectivity index (χ3n) is 4.66. The summed E-state index contributed by atoms with van der Waals surface area (Å²) in [7, 11) is 0.190. The molecule has 3 aromatic rings. The Balaban J connectivity index is 1.76. The van der Waals surface area contributed by atoms with Crippen LogP contribution in [-0.4, -0.2) is 36.7 Å². The van der Waals surface area contributed by atoms with Crippen molar-refractivity contribution in [1.82, 2.24) is 14.5 Å². The van der Waals surface area contributed by atoms with Gasteiger partial charge in [-0.05, 0) is 44.4 Å². The fourth-order valence-corrected chi connectivity index (χ4v) is 5.37. The Kier molecular flexibility index (Phi) is 4.74. The number of nitrogens with zero attached hydrogens (tertiary/aromatic N) is 4. The van der Waals surface area contributed by atoms with Gasteiger partial charge in [0.2, 0.25) is 0 Å². The number of nitrogen functional groups attached to an aromatic ring is 1. The first-order valence-electron chi connectivity index (χ1n) is 9.22. The molecule has 4 rings (SSSR count). The second kappa shape index (κ2) is 7.05. The van der Waals surface area contributed by atoms with E-state index in [-0.39, 0.29) is 10.7 Å². The molecule has 2 aromatic heterocycles. The third kappa shape index (κ3) is 3.89. The minimum Gasteiger partial charge on any atom is -0.389 e. The smallest absolute Gasteiger partial charge is 0.146 e. The lowest BCUT2D eigenvalue weighted by Crippen LogP contribution is -2.25. The van der Waals surface area contributed by atoms with E-state index in [4.69, 9.17) is 10.1 Å². The van der Waals surface area contributed by atoms with Crippen LogP contribution in [0.4, 0.5) is 11.5 Å². The van der Waals surface area contributed by atoms with E-state index in [1.807, 2.05) is 10.8 Å². The molecule has 1 aliphatic rings. The SMILES string of the molecule is CC(C)(O)Cn1cc(-c2ccc(N=S3CCCC3)cc2)c2c(N)ncnc21. The van der Waals surface area contributed by atoms with Crippen LogP contribution in [0.2, 0.25) is 0 Å². The fraction of sp³-hybridized carbons (Fsp3) is 0.400. The van der Waals surface area contributed by atoms with Crippen LogP contribution in [-0.2, 0) is 17.2 Å². The summed E-state index contributed by atoms with van der Waals surface area (Å²) in [6, 6.07) is 8.29. The van der Waals surface area contributed by atoms with Crippen LogP contribution in [0.3, 0.4) is 0 Å². The van der Waals surface area contributed by atoms with Gasteiger partial charge in [-0.15, -0.1) is 0 Å². The highest BCUT2D eigenvalue weighted by Gasteiger charge is 2.20. The number of aromatic nitrogens is 3. The number of benzene rings is 1. The molecule has 0 atom stereocenters.